The smallest absolute Gasteiger partial charge is 0.219 e. The molecule has 142 valence electrons. The number of hydrogen-bond acceptors (Lipinski definition) is 4. The van der Waals surface area contributed by atoms with Crippen molar-refractivity contribution in [1.29, 1.82) is 0 Å². The van der Waals surface area contributed by atoms with Gasteiger partial charge in [0.05, 0.1) is 0 Å². The molecule has 27 heavy (non-hydrogen) atoms. The Kier molecular flexibility index (Phi) is 5.39. The lowest BCUT2D eigenvalue weighted by atomic mass is 9.76. The minimum Gasteiger partial charge on any atom is -0.368 e. The highest BCUT2D eigenvalue weighted by Crippen LogP contribution is 2.36. The van der Waals surface area contributed by atoms with Gasteiger partial charge in [0.1, 0.15) is 0 Å². The van der Waals surface area contributed by atoms with Gasteiger partial charge in [0.25, 0.3) is 0 Å². The number of nitrogens with one attached hydrogen (secondary N) is 1. The zero-order valence-electron chi connectivity index (χ0n) is 16.0. The summed E-state index contributed by atoms with van der Waals surface area (Å²) < 4.78 is 0. The van der Waals surface area contributed by atoms with E-state index in [1.54, 1.807) is 6.92 Å². The minimum atomic E-state index is 0.179. The van der Waals surface area contributed by atoms with Crippen LogP contribution in [0, 0.1) is 0 Å². The summed E-state index contributed by atoms with van der Waals surface area (Å²) in [4.78, 5) is 19.9. The van der Waals surface area contributed by atoms with Crippen LogP contribution in [0.2, 0.25) is 0 Å². The van der Waals surface area contributed by atoms with Gasteiger partial charge in [-0.15, -0.1) is 0 Å². The van der Waals surface area contributed by atoms with Crippen LogP contribution < -0.4 is 10.2 Å². The molecular weight excluding hydrogens is 336 g/mol. The van der Waals surface area contributed by atoms with E-state index < -0.39 is 0 Å². The number of nitrogens with zero attached hydrogens (tertiary/aromatic N) is 3. The lowest BCUT2D eigenvalue weighted by Crippen LogP contribution is -2.48. The lowest BCUT2D eigenvalue weighted by molar-refractivity contribution is -0.129. The van der Waals surface area contributed by atoms with Crippen molar-refractivity contribution >= 4 is 11.6 Å². The molecule has 1 saturated carbocycles. The van der Waals surface area contributed by atoms with Crippen molar-refractivity contribution in [3.63, 3.8) is 0 Å². The average Bonchev–Trinajstić information content (AvgIpc) is 2.68. The highest BCUT2D eigenvalue weighted by molar-refractivity contribution is 5.73. The van der Waals surface area contributed by atoms with E-state index in [2.05, 4.69) is 45.5 Å². The second-order valence-electron chi connectivity index (χ2n) is 7.69. The standard InChI is InChI=1S/C22H28N4O/c1-17(27)25-9-11-26(12-10-25)22-6-4-18(5-7-22)15-24-21-13-20(14-21)19-3-2-8-23-16-19/h2-8,16,20-21,24H,9-15H2,1H3. The number of pyridine rings is 1. The molecule has 1 aliphatic carbocycles. The van der Waals surface area contributed by atoms with Crippen molar-refractivity contribution in [3.05, 3.63) is 59.9 Å². The quantitative estimate of drug-likeness (QED) is 0.886. The Balaban J connectivity index is 1.22. The van der Waals surface area contributed by atoms with Gasteiger partial charge in [-0.1, -0.05) is 18.2 Å². The Morgan fingerprint density at radius 3 is 2.48 bits per heavy atom. The molecule has 0 spiro atoms. The van der Waals surface area contributed by atoms with Crippen LogP contribution in [0.1, 0.15) is 36.8 Å². The average molecular weight is 364 g/mol. The molecule has 5 heteroatoms. The number of anilines is 1. The van der Waals surface area contributed by atoms with E-state index in [0.717, 1.165) is 32.7 Å². The highest BCUT2D eigenvalue weighted by Gasteiger charge is 2.29. The fourth-order valence-corrected chi connectivity index (χ4v) is 4.04. The van der Waals surface area contributed by atoms with E-state index >= 15 is 0 Å². The Morgan fingerprint density at radius 1 is 1.11 bits per heavy atom. The summed E-state index contributed by atoms with van der Waals surface area (Å²) in [6.07, 6.45) is 6.23. The highest BCUT2D eigenvalue weighted by atomic mass is 16.2. The third-order valence-electron chi connectivity index (χ3n) is 5.92. The summed E-state index contributed by atoms with van der Waals surface area (Å²) in [6.45, 7) is 6.03. The van der Waals surface area contributed by atoms with E-state index in [9.17, 15) is 4.79 Å². The van der Waals surface area contributed by atoms with Gasteiger partial charge >= 0.3 is 0 Å². The molecule has 0 radical (unpaired) electrons. The van der Waals surface area contributed by atoms with Crippen molar-refractivity contribution in [2.75, 3.05) is 31.1 Å². The molecule has 2 aliphatic rings. The van der Waals surface area contributed by atoms with E-state index in [1.807, 2.05) is 23.4 Å². The first kappa shape index (κ1) is 18.0. The van der Waals surface area contributed by atoms with Crippen molar-refractivity contribution < 1.29 is 4.79 Å². The number of aromatic nitrogens is 1. The molecule has 4 rings (SSSR count). The molecule has 0 bridgehead atoms. The lowest BCUT2D eigenvalue weighted by Gasteiger charge is -2.36. The second-order valence-corrected chi connectivity index (χ2v) is 7.69. The number of amides is 1. The van der Waals surface area contributed by atoms with Gasteiger partial charge in [0, 0.05) is 63.8 Å². The SMILES string of the molecule is CC(=O)N1CCN(c2ccc(CNC3CC(c4cccnc4)C3)cc2)CC1. The van der Waals surface area contributed by atoms with Crippen LogP contribution in [0.3, 0.4) is 0 Å². The molecule has 1 amide bonds. The summed E-state index contributed by atoms with van der Waals surface area (Å²) in [6, 6.07) is 13.7. The molecule has 1 aromatic carbocycles. The number of piperazine rings is 1. The maximum Gasteiger partial charge on any atom is 0.219 e. The molecule has 1 saturated heterocycles. The molecular formula is C22H28N4O. The second kappa shape index (κ2) is 8.09. The number of carbonyl (C=O) groups is 1. The molecule has 1 aliphatic heterocycles. The number of benzene rings is 1. The molecule has 1 aromatic heterocycles. The van der Waals surface area contributed by atoms with Gasteiger partial charge in [0.2, 0.25) is 5.91 Å². The normalized spacial score (nSPS) is 22.4. The van der Waals surface area contributed by atoms with Gasteiger partial charge < -0.3 is 15.1 Å². The summed E-state index contributed by atoms with van der Waals surface area (Å²) in [5, 5.41) is 3.67. The molecule has 1 N–H and O–H groups in total. The van der Waals surface area contributed by atoms with Crippen LogP contribution in [-0.2, 0) is 11.3 Å². The summed E-state index contributed by atoms with van der Waals surface area (Å²) in [7, 11) is 0. The molecule has 0 atom stereocenters. The first-order valence-electron chi connectivity index (χ1n) is 9.92. The Bertz CT molecular complexity index is 748. The third-order valence-corrected chi connectivity index (χ3v) is 5.92. The van der Waals surface area contributed by atoms with Gasteiger partial charge in [0.15, 0.2) is 0 Å². The minimum absolute atomic E-state index is 0.179. The molecule has 5 nitrogen and oxygen atoms in total. The van der Waals surface area contributed by atoms with Crippen LogP contribution in [0.15, 0.2) is 48.8 Å². The fourth-order valence-electron chi connectivity index (χ4n) is 4.04. The van der Waals surface area contributed by atoms with Crippen LogP contribution in [0.4, 0.5) is 5.69 Å². The fraction of sp³-hybridized carbons (Fsp3) is 0.455. The van der Waals surface area contributed by atoms with Crippen LogP contribution in [-0.4, -0.2) is 48.0 Å². The monoisotopic (exact) mass is 364 g/mol. The van der Waals surface area contributed by atoms with E-state index in [-0.39, 0.29) is 5.91 Å². The van der Waals surface area contributed by atoms with Crippen molar-refractivity contribution in [2.45, 2.75) is 38.3 Å². The van der Waals surface area contributed by atoms with E-state index in [0.29, 0.717) is 12.0 Å². The van der Waals surface area contributed by atoms with Gasteiger partial charge in [-0.2, -0.15) is 0 Å². The predicted molar refractivity (Wildman–Crippen MR) is 108 cm³/mol. The Morgan fingerprint density at radius 2 is 1.85 bits per heavy atom. The summed E-state index contributed by atoms with van der Waals surface area (Å²) in [5.74, 6) is 0.838. The summed E-state index contributed by atoms with van der Waals surface area (Å²) in [5.41, 5.74) is 3.94. The van der Waals surface area contributed by atoms with Crippen molar-refractivity contribution in [1.82, 2.24) is 15.2 Å². The molecule has 0 unspecified atom stereocenters. The molecule has 2 aromatic rings. The number of rotatable bonds is 5. The van der Waals surface area contributed by atoms with E-state index in [1.165, 1.54) is 29.7 Å². The van der Waals surface area contributed by atoms with Gasteiger partial charge in [-0.05, 0) is 48.1 Å². The van der Waals surface area contributed by atoms with Crippen LogP contribution >= 0.6 is 0 Å². The zero-order chi connectivity index (χ0) is 18.6. The largest absolute Gasteiger partial charge is 0.368 e. The maximum absolute atomic E-state index is 11.4. The van der Waals surface area contributed by atoms with Crippen molar-refractivity contribution in [2.24, 2.45) is 0 Å². The summed E-state index contributed by atoms with van der Waals surface area (Å²) >= 11 is 0. The number of carbonyl (C=O) groups excluding carboxylic acids is 1. The Labute approximate surface area is 161 Å². The van der Waals surface area contributed by atoms with Crippen LogP contribution in [0.25, 0.3) is 0 Å². The first-order chi connectivity index (χ1) is 13.2. The van der Waals surface area contributed by atoms with Gasteiger partial charge in [-0.25, -0.2) is 0 Å². The maximum atomic E-state index is 11.4. The third kappa shape index (κ3) is 4.30. The van der Waals surface area contributed by atoms with E-state index in [4.69, 9.17) is 0 Å². The topological polar surface area (TPSA) is 48.5 Å². The zero-order valence-corrected chi connectivity index (χ0v) is 16.0. The Hall–Kier alpha value is -2.40. The van der Waals surface area contributed by atoms with Crippen molar-refractivity contribution in [3.8, 4) is 0 Å². The molecule has 2 fully saturated rings. The van der Waals surface area contributed by atoms with Crippen LogP contribution in [0.5, 0.6) is 0 Å². The first-order valence-corrected chi connectivity index (χ1v) is 9.92. The number of hydrogen-bond donors (Lipinski definition) is 1. The van der Waals surface area contributed by atoms with Gasteiger partial charge in [-0.3, -0.25) is 9.78 Å². The molecule has 2 heterocycles. The predicted octanol–water partition coefficient (Wildman–Crippen LogP) is 2.79.